The topological polar surface area (TPSA) is 9.23 Å². The molecule has 1 nitrogen and oxygen atoms in total. The summed E-state index contributed by atoms with van der Waals surface area (Å²) in [5, 5.41) is 2.27. The average molecular weight is 163 g/mol. The Morgan fingerprint density at radius 2 is 1.89 bits per heavy atom. The van der Waals surface area contributed by atoms with Crippen LogP contribution in [0.3, 0.4) is 0 Å². The number of ether oxygens (including phenoxy) is 1. The van der Waals surface area contributed by atoms with Gasteiger partial charge in [-0.1, -0.05) is 13.8 Å². The average Bonchev–Trinajstić information content (AvgIpc) is 1.67. The number of hydrogen-bond donors (Lipinski definition) is 0. The molecule has 0 heterocycles. The highest BCUT2D eigenvalue weighted by Gasteiger charge is 2.15. The van der Waals surface area contributed by atoms with Crippen molar-refractivity contribution in [3.8, 4) is 0 Å². The molecule has 0 aliphatic rings. The first-order chi connectivity index (χ1) is 3.62. The van der Waals surface area contributed by atoms with Crippen LogP contribution in [0.2, 0.25) is 5.05 Å². The molecule has 0 spiro atoms. The van der Waals surface area contributed by atoms with Crippen molar-refractivity contribution in [3.05, 3.63) is 0 Å². The first kappa shape index (κ1) is 12.7. The highest BCUT2D eigenvalue weighted by atomic mass is 35.5. The number of halogens is 1. The van der Waals surface area contributed by atoms with Gasteiger partial charge in [-0.05, 0) is 10.7 Å². The van der Waals surface area contributed by atoms with Gasteiger partial charge in [0.25, 0.3) is 0 Å². The standard InChI is InChI=1S/C5H11O.CH3.ClH.Mg/c1-4-6-5(2)3;;;/h4H2,1-3H3;1H3;1H;. The van der Waals surface area contributed by atoms with Crippen LogP contribution in [-0.4, -0.2) is 30.7 Å². The van der Waals surface area contributed by atoms with E-state index in [1.165, 1.54) is 0 Å². The summed E-state index contributed by atoms with van der Waals surface area (Å²) < 4.78 is 5.67. The molecule has 0 aliphatic heterocycles. The van der Waals surface area contributed by atoms with Gasteiger partial charge in [0.1, 0.15) is 0 Å². The third-order valence-electron chi connectivity index (χ3n) is 1.39. The smallest absolute Gasteiger partial charge is 0.404 e. The summed E-state index contributed by atoms with van der Waals surface area (Å²) >= 11 is 0.00870. The summed E-state index contributed by atoms with van der Waals surface area (Å²) in [4.78, 5) is 0. The van der Waals surface area contributed by atoms with E-state index in [0.29, 0.717) is 0 Å². The van der Waals surface area contributed by atoms with Crippen molar-refractivity contribution in [2.24, 2.45) is 0 Å². The minimum atomic E-state index is 0. The molecule has 0 unspecified atom stereocenters. The lowest BCUT2D eigenvalue weighted by atomic mass is 10.4. The molecule has 0 atom stereocenters. The van der Waals surface area contributed by atoms with E-state index in [4.69, 9.17) is 4.74 Å². The molecule has 0 saturated heterocycles. The van der Waals surface area contributed by atoms with E-state index in [2.05, 4.69) is 18.9 Å². The lowest BCUT2D eigenvalue weighted by Crippen LogP contribution is -2.29. The van der Waals surface area contributed by atoms with E-state index >= 15 is 0 Å². The van der Waals surface area contributed by atoms with Crippen LogP contribution >= 0.6 is 12.4 Å². The Morgan fingerprint density at radius 3 is 2.00 bits per heavy atom. The summed E-state index contributed by atoms with van der Waals surface area (Å²) in [5.41, 5.74) is 0. The Hall–Kier alpha value is 1.02. The van der Waals surface area contributed by atoms with Gasteiger partial charge in [0.15, 0.2) is 0 Å². The van der Waals surface area contributed by atoms with Crippen molar-refractivity contribution in [1.29, 1.82) is 0 Å². The second kappa shape index (κ2) is 5.78. The van der Waals surface area contributed by atoms with Crippen molar-refractivity contribution in [1.82, 2.24) is 0 Å². The van der Waals surface area contributed by atoms with E-state index in [0.717, 1.165) is 6.61 Å². The molecule has 0 aromatic rings. The fourth-order valence-electron chi connectivity index (χ4n) is 0.493. The minimum absolute atomic E-state index is 0. The molecule has 0 saturated carbocycles. The fraction of sp³-hybridized carbons (Fsp3) is 1.00. The Bertz CT molecular complexity index is 66.1. The first-order valence-electron chi connectivity index (χ1n) is 3.26. The van der Waals surface area contributed by atoms with Crippen molar-refractivity contribution in [2.75, 3.05) is 6.61 Å². The molecule has 0 N–H and O–H groups in total. The highest BCUT2D eigenvalue weighted by Crippen LogP contribution is 2.04. The van der Waals surface area contributed by atoms with Crippen LogP contribution in [-0.2, 0) is 4.74 Å². The normalized spacial score (nSPS) is 9.78. The first-order valence-corrected chi connectivity index (χ1v) is 5.38. The van der Waals surface area contributed by atoms with Crippen LogP contribution in [0, 0.1) is 0 Å². The van der Waals surface area contributed by atoms with Crippen LogP contribution in [0.4, 0.5) is 0 Å². The van der Waals surface area contributed by atoms with Crippen molar-refractivity contribution in [2.45, 2.75) is 29.6 Å². The third kappa shape index (κ3) is 6.91. The quantitative estimate of drug-likeness (QED) is 0.577. The highest BCUT2D eigenvalue weighted by molar-refractivity contribution is 6.37. The summed E-state index contributed by atoms with van der Waals surface area (Å²) in [6.07, 6.45) is 0. The van der Waals surface area contributed by atoms with Crippen LogP contribution in [0.1, 0.15) is 20.8 Å². The Morgan fingerprint density at radius 1 is 1.44 bits per heavy atom. The van der Waals surface area contributed by atoms with Gasteiger partial charge in [0.05, 0.1) is 0 Å². The Labute approximate surface area is 73.7 Å². The predicted molar refractivity (Wildman–Crippen MR) is 44.6 cm³/mol. The molecule has 0 aliphatic carbocycles. The van der Waals surface area contributed by atoms with Gasteiger partial charge in [0.2, 0.25) is 0 Å². The zero-order valence-corrected chi connectivity index (χ0v) is 8.96. The maximum absolute atomic E-state index is 5.44. The van der Waals surface area contributed by atoms with Crippen molar-refractivity contribution in [3.63, 3.8) is 0 Å². The van der Waals surface area contributed by atoms with Gasteiger partial charge in [-0.2, -0.15) is 5.05 Å². The van der Waals surface area contributed by atoms with E-state index in [9.17, 15) is 0 Å². The van der Waals surface area contributed by atoms with E-state index in [1.807, 2.05) is 6.92 Å². The molecule has 0 bridgehead atoms. The van der Waals surface area contributed by atoms with Gasteiger partial charge in [0, 0.05) is 6.61 Å². The summed E-state index contributed by atoms with van der Waals surface area (Å²) in [5.74, 6) is 0. The third-order valence-corrected chi connectivity index (χ3v) is 3.29. The van der Waals surface area contributed by atoms with Crippen LogP contribution in [0.15, 0.2) is 0 Å². The zero-order valence-electron chi connectivity index (χ0n) is 6.73. The van der Waals surface area contributed by atoms with Crippen LogP contribution in [0.5, 0.6) is 0 Å². The molecule has 0 fully saturated rings. The maximum Gasteiger partial charge on any atom is 0.409 e. The van der Waals surface area contributed by atoms with Crippen LogP contribution in [0.25, 0.3) is 0 Å². The van der Waals surface area contributed by atoms with E-state index < -0.39 is 0 Å². The molecule has 0 rings (SSSR count). The lowest BCUT2D eigenvalue weighted by Gasteiger charge is -2.22. The number of hydrogen-bond acceptors (Lipinski definition) is 1. The Kier molecular flexibility index (Phi) is 8.13. The molecule has 9 heavy (non-hydrogen) atoms. The molecule has 0 radical (unpaired) electrons. The fourth-order valence-corrected chi connectivity index (χ4v) is 0.901. The van der Waals surface area contributed by atoms with Crippen molar-refractivity contribution >= 4 is 32.8 Å². The molecule has 54 valence electrons. The predicted octanol–water partition coefficient (Wildman–Crippen LogP) is 1.93. The summed E-state index contributed by atoms with van der Waals surface area (Å²) in [6.45, 7) is 7.24. The van der Waals surface area contributed by atoms with Gasteiger partial charge >= 0.3 is 20.4 Å². The van der Waals surface area contributed by atoms with Crippen LogP contribution < -0.4 is 0 Å². The monoisotopic (exact) mass is 162 g/mol. The SMILES string of the molecule is CCO[C](C)(C)[Mg][CH3].Cl. The molecular weight excluding hydrogens is 148 g/mol. The minimum Gasteiger partial charge on any atom is -0.404 e. The summed E-state index contributed by atoms with van der Waals surface area (Å²) in [7, 11) is 0. The van der Waals surface area contributed by atoms with E-state index in [-0.39, 0.29) is 36.5 Å². The molecule has 0 aromatic heterocycles. The van der Waals surface area contributed by atoms with E-state index in [1.54, 1.807) is 0 Å². The maximum atomic E-state index is 5.44. The van der Waals surface area contributed by atoms with Gasteiger partial charge in [-0.15, -0.1) is 12.4 Å². The van der Waals surface area contributed by atoms with Crippen molar-refractivity contribution < 1.29 is 4.74 Å². The Balaban J connectivity index is 0. The zero-order chi connectivity index (χ0) is 6.62. The van der Waals surface area contributed by atoms with Gasteiger partial charge < -0.3 is 4.74 Å². The lowest BCUT2D eigenvalue weighted by molar-refractivity contribution is 0.0530. The molecule has 3 heteroatoms. The molecule has 0 aromatic carbocycles. The van der Waals surface area contributed by atoms with Gasteiger partial charge in [-0.25, -0.2) is 0 Å². The number of rotatable bonds is 3. The second-order valence-corrected chi connectivity index (χ2v) is 4.96. The largest absolute Gasteiger partial charge is 0.409 e. The molecular formula is C6H15ClMgO. The second-order valence-electron chi connectivity index (χ2n) is 2.55. The molecule has 0 amide bonds. The summed E-state index contributed by atoms with van der Waals surface area (Å²) in [6, 6.07) is 0. The van der Waals surface area contributed by atoms with Gasteiger partial charge in [-0.3, -0.25) is 0 Å².